The third-order valence-electron chi connectivity index (χ3n) is 6.31. The SMILES string of the molecule is CC.CC.COc1cccc(CC(=O)N(CC2CC2)C2=NNC(c3cc(C)c(OCC(C)OC)c(C)c3)S2)c1. The maximum Gasteiger partial charge on any atom is 0.233 e. The highest BCUT2D eigenvalue weighted by Gasteiger charge is 2.34. The zero-order valence-corrected chi connectivity index (χ0v) is 26.0. The van der Waals surface area contributed by atoms with E-state index in [9.17, 15) is 4.79 Å². The lowest BCUT2D eigenvalue weighted by Gasteiger charge is -2.22. The number of rotatable bonds is 10. The Morgan fingerprint density at radius 3 is 2.36 bits per heavy atom. The van der Waals surface area contributed by atoms with Gasteiger partial charge in [0.1, 0.15) is 23.5 Å². The fourth-order valence-electron chi connectivity index (χ4n) is 4.07. The number of carbonyl (C=O) groups excluding carboxylic acids is 1. The summed E-state index contributed by atoms with van der Waals surface area (Å²) in [6, 6.07) is 11.9. The molecule has 1 fully saturated rings. The summed E-state index contributed by atoms with van der Waals surface area (Å²) in [4.78, 5) is 15.2. The van der Waals surface area contributed by atoms with E-state index in [1.807, 2.05) is 63.8 Å². The summed E-state index contributed by atoms with van der Waals surface area (Å²) < 4.78 is 16.6. The highest BCUT2D eigenvalue weighted by Crippen LogP contribution is 2.38. The van der Waals surface area contributed by atoms with Crippen LogP contribution in [0.2, 0.25) is 0 Å². The highest BCUT2D eigenvalue weighted by atomic mass is 32.2. The molecule has 0 radical (unpaired) electrons. The number of amides is 1. The number of amidine groups is 1. The summed E-state index contributed by atoms with van der Waals surface area (Å²) >= 11 is 1.59. The van der Waals surface area contributed by atoms with Gasteiger partial charge in [0.2, 0.25) is 5.91 Å². The minimum absolute atomic E-state index is 0.0310. The second kappa shape index (κ2) is 16.4. The fraction of sp³-hybridized carbons (Fsp3) is 0.548. The van der Waals surface area contributed by atoms with E-state index in [0.29, 0.717) is 25.5 Å². The zero-order valence-electron chi connectivity index (χ0n) is 25.2. The molecule has 4 rings (SSSR count). The molecule has 2 aromatic carbocycles. The lowest BCUT2D eigenvalue weighted by molar-refractivity contribution is -0.126. The van der Waals surface area contributed by atoms with E-state index in [2.05, 4.69) is 36.5 Å². The Morgan fingerprint density at radius 2 is 1.77 bits per heavy atom. The van der Waals surface area contributed by atoms with Crippen molar-refractivity contribution in [2.45, 2.75) is 79.2 Å². The van der Waals surface area contributed by atoms with Gasteiger partial charge in [-0.3, -0.25) is 15.1 Å². The summed E-state index contributed by atoms with van der Waals surface area (Å²) in [7, 11) is 3.32. The number of hydrogen-bond acceptors (Lipinski definition) is 7. The van der Waals surface area contributed by atoms with Crippen LogP contribution < -0.4 is 14.9 Å². The second-order valence-corrected chi connectivity index (χ2v) is 10.4. The average Bonchev–Trinajstić information content (AvgIpc) is 3.66. The van der Waals surface area contributed by atoms with Gasteiger partial charge < -0.3 is 14.2 Å². The molecule has 7 nitrogen and oxygen atoms in total. The Hall–Kier alpha value is -2.71. The van der Waals surface area contributed by atoms with Gasteiger partial charge in [-0.1, -0.05) is 51.6 Å². The lowest BCUT2D eigenvalue weighted by atomic mass is 10.1. The molecule has 2 atom stereocenters. The lowest BCUT2D eigenvalue weighted by Crippen LogP contribution is -2.37. The van der Waals surface area contributed by atoms with E-state index >= 15 is 0 Å². The van der Waals surface area contributed by atoms with Crippen LogP contribution in [0.25, 0.3) is 0 Å². The number of hydrogen-bond donors (Lipinski definition) is 1. The Labute approximate surface area is 239 Å². The Morgan fingerprint density at radius 1 is 1.10 bits per heavy atom. The molecular formula is C31H47N3O4S. The van der Waals surface area contributed by atoms with E-state index < -0.39 is 0 Å². The van der Waals surface area contributed by atoms with Gasteiger partial charge >= 0.3 is 0 Å². The summed E-state index contributed by atoms with van der Waals surface area (Å²) in [6.45, 7) is 15.3. The molecule has 0 bridgehead atoms. The monoisotopic (exact) mass is 557 g/mol. The van der Waals surface area contributed by atoms with Crippen molar-refractivity contribution in [1.82, 2.24) is 10.3 Å². The molecule has 0 spiro atoms. The van der Waals surface area contributed by atoms with Gasteiger partial charge in [-0.25, -0.2) is 0 Å². The number of thioether (sulfide) groups is 1. The van der Waals surface area contributed by atoms with Gasteiger partial charge in [0.15, 0.2) is 5.17 Å². The summed E-state index contributed by atoms with van der Waals surface area (Å²) in [5.74, 6) is 2.27. The number of ether oxygens (including phenoxy) is 3. The number of benzene rings is 2. The molecule has 8 heteroatoms. The number of nitrogens with zero attached hydrogens (tertiary/aromatic N) is 2. The summed E-state index contributed by atoms with van der Waals surface area (Å²) in [6.07, 6.45) is 2.68. The Balaban J connectivity index is 0.00000127. The molecule has 1 heterocycles. The molecule has 216 valence electrons. The van der Waals surface area contributed by atoms with Crippen LogP contribution in [0.1, 0.15) is 75.1 Å². The fourth-order valence-corrected chi connectivity index (χ4v) is 5.07. The Bertz CT molecular complexity index is 1060. The van der Waals surface area contributed by atoms with Crippen LogP contribution in [0.15, 0.2) is 41.5 Å². The van der Waals surface area contributed by atoms with Crippen molar-refractivity contribution in [3.05, 3.63) is 58.7 Å². The van der Waals surface area contributed by atoms with Crippen LogP contribution in [0.5, 0.6) is 11.5 Å². The van der Waals surface area contributed by atoms with Crippen LogP contribution in [0.3, 0.4) is 0 Å². The first-order valence-electron chi connectivity index (χ1n) is 14.1. The van der Waals surface area contributed by atoms with Crippen molar-refractivity contribution < 1.29 is 19.0 Å². The zero-order chi connectivity index (χ0) is 28.9. The van der Waals surface area contributed by atoms with Gasteiger partial charge in [-0.05, 0) is 86.1 Å². The van der Waals surface area contributed by atoms with Crippen molar-refractivity contribution in [3.63, 3.8) is 0 Å². The van der Waals surface area contributed by atoms with Gasteiger partial charge in [0.05, 0.1) is 19.6 Å². The first kappa shape index (κ1) is 32.5. The number of aryl methyl sites for hydroxylation is 2. The molecule has 1 N–H and O–H groups in total. The molecule has 2 aromatic rings. The molecule has 2 aliphatic rings. The third kappa shape index (κ3) is 9.46. The van der Waals surface area contributed by atoms with E-state index in [4.69, 9.17) is 14.2 Å². The molecule has 1 amide bonds. The molecule has 39 heavy (non-hydrogen) atoms. The van der Waals surface area contributed by atoms with E-state index in [1.54, 1.807) is 26.0 Å². The maximum absolute atomic E-state index is 13.3. The van der Waals surface area contributed by atoms with Crippen molar-refractivity contribution in [1.29, 1.82) is 0 Å². The Kier molecular flexibility index (Phi) is 13.7. The van der Waals surface area contributed by atoms with Gasteiger partial charge in [-0.15, -0.1) is 0 Å². The van der Waals surface area contributed by atoms with Crippen molar-refractivity contribution in [3.8, 4) is 11.5 Å². The normalized spacial score (nSPS) is 16.4. The van der Waals surface area contributed by atoms with Crippen LogP contribution in [-0.4, -0.2) is 49.4 Å². The third-order valence-corrected chi connectivity index (χ3v) is 7.45. The first-order chi connectivity index (χ1) is 18.9. The minimum Gasteiger partial charge on any atom is -0.497 e. The standard InChI is InChI=1S/C27H35N3O4S.2C2H6/c1-17-11-22(12-18(2)25(17)34-16-19(3)32-4)26-28-29-27(35-26)30(15-20-9-10-20)24(31)14-21-7-6-8-23(13-21)33-5;2*1-2/h6-8,11-13,19-20,26,28H,9-10,14-16H2,1-5H3;2*1-2H3. The topological polar surface area (TPSA) is 72.4 Å². The minimum atomic E-state index is -0.0549. The van der Waals surface area contributed by atoms with Crippen molar-refractivity contribution in [2.75, 3.05) is 27.4 Å². The number of carbonyl (C=O) groups is 1. The molecule has 2 unspecified atom stereocenters. The van der Waals surface area contributed by atoms with E-state index in [1.165, 1.54) is 12.8 Å². The van der Waals surface area contributed by atoms with Crippen LogP contribution >= 0.6 is 11.8 Å². The summed E-state index contributed by atoms with van der Waals surface area (Å²) in [5, 5.41) is 5.27. The molecular weight excluding hydrogens is 510 g/mol. The highest BCUT2D eigenvalue weighted by molar-refractivity contribution is 8.14. The van der Waals surface area contributed by atoms with E-state index in [0.717, 1.165) is 38.9 Å². The molecule has 1 aliphatic carbocycles. The number of hydrazone groups is 1. The quantitative estimate of drug-likeness (QED) is 0.344. The molecule has 0 aromatic heterocycles. The van der Waals surface area contributed by atoms with Gasteiger partial charge in [0, 0.05) is 13.7 Å². The number of methoxy groups -OCH3 is 2. The van der Waals surface area contributed by atoms with Crippen LogP contribution in [0.4, 0.5) is 0 Å². The average molecular weight is 558 g/mol. The predicted molar refractivity (Wildman–Crippen MR) is 163 cm³/mol. The largest absolute Gasteiger partial charge is 0.497 e. The second-order valence-electron chi connectivity index (χ2n) is 9.34. The molecule has 0 saturated heterocycles. The summed E-state index contributed by atoms with van der Waals surface area (Å²) in [5.41, 5.74) is 7.44. The van der Waals surface area contributed by atoms with Crippen molar-refractivity contribution >= 4 is 22.8 Å². The van der Waals surface area contributed by atoms with Gasteiger partial charge in [-0.2, -0.15) is 5.10 Å². The molecule has 1 aliphatic heterocycles. The van der Waals surface area contributed by atoms with E-state index in [-0.39, 0.29) is 17.4 Å². The maximum atomic E-state index is 13.3. The predicted octanol–water partition coefficient (Wildman–Crippen LogP) is 6.87. The van der Waals surface area contributed by atoms with Crippen LogP contribution in [0, 0.1) is 19.8 Å². The van der Waals surface area contributed by atoms with Gasteiger partial charge in [0.25, 0.3) is 0 Å². The van der Waals surface area contributed by atoms with Crippen molar-refractivity contribution in [2.24, 2.45) is 11.0 Å². The van der Waals surface area contributed by atoms with Crippen LogP contribution in [-0.2, 0) is 16.0 Å². The number of nitrogens with one attached hydrogen (secondary N) is 1. The molecule has 1 saturated carbocycles. The smallest absolute Gasteiger partial charge is 0.233 e. The first-order valence-corrected chi connectivity index (χ1v) is 15.0.